The number of carbonyl (C=O) groups is 1. The number of methoxy groups -OCH3 is 1. The molecule has 50 heavy (non-hydrogen) atoms. The number of carbonyl (C=O) groups excluding carboxylic acids is 1. The van der Waals surface area contributed by atoms with Crippen molar-refractivity contribution in [2.75, 3.05) is 20.3 Å². The van der Waals surface area contributed by atoms with Gasteiger partial charge in [0.05, 0.1) is 36.9 Å². The SMILES string of the molecule is CO[C@H]1[C@H](O)[C@H](O[C@H]2CC[C@@]3(C)[C@@H](C2)C[C@H]2OC24[C@@H]3CC[C@]2(C)[C@H](C3=CC(=O)OC3)CCC42O)O[C@@H](C)[C@@H]1O[C@@H]1O[C@H](O)[C@@H](O)[C@H](O)[C@H]1CO. The zero-order chi connectivity index (χ0) is 35.5. The van der Waals surface area contributed by atoms with Gasteiger partial charge in [-0.15, -0.1) is 0 Å². The summed E-state index contributed by atoms with van der Waals surface area (Å²) in [5.41, 5.74) is -1.02. The monoisotopic (exact) mass is 710 g/mol. The first-order valence-corrected chi connectivity index (χ1v) is 18.5. The Morgan fingerprint density at radius 3 is 2.40 bits per heavy atom. The molecule has 8 rings (SSSR count). The standard InChI is InChI=1S/C36H54O14/c1-16-28(48-31-20(14-37)25(39)26(40)30(42)49-31)29(44-4)27(41)32(46-16)47-19-5-8-33(2)18(12-19)13-23-36(50-23)22(33)7-9-34(3)21(6-10-35(34,36)43)17-11-24(38)45-15-17/h11,16,18-23,25-32,37,39-43H,5-10,12-15H2,1-4H3/t16-,18-,19-,20+,21-,22+,23+,25+,26-,27-,28-,29-,30-,31+,32-,33-,34+,35?,36?/m0/s1. The fourth-order valence-electron chi connectivity index (χ4n) is 12.0. The first kappa shape index (κ1) is 35.7. The van der Waals surface area contributed by atoms with Gasteiger partial charge in [-0.2, -0.15) is 0 Å². The van der Waals surface area contributed by atoms with E-state index in [2.05, 4.69) is 13.8 Å². The average molecular weight is 711 g/mol. The van der Waals surface area contributed by atoms with E-state index < -0.39 is 84.6 Å². The number of cyclic esters (lactones) is 1. The van der Waals surface area contributed by atoms with Crippen molar-refractivity contribution in [2.24, 2.45) is 34.5 Å². The fraction of sp³-hybridized carbons (Fsp3) is 0.917. The number of rotatable bonds is 7. The first-order chi connectivity index (χ1) is 23.7. The molecule has 0 amide bonds. The summed E-state index contributed by atoms with van der Waals surface area (Å²) in [5, 5.41) is 64.4. The Labute approximate surface area is 291 Å². The Bertz CT molecular complexity index is 1360. The second-order valence-corrected chi connectivity index (χ2v) is 16.9. The van der Waals surface area contributed by atoms with Crippen LogP contribution in [0.4, 0.5) is 0 Å². The van der Waals surface area contributed by atoms with Crippen LogP contribution in [0, 0.1) is 34.5 Å². The number of hydrogen-bond acceptors (Lipinski definition) is 14. The lowest BCUT2D eigenvalue weighted by Gasteiger charge is -2.62. The molecule has 4 heterocycles. The number of ether oxygens (including phenoxy) is 7. The van der Waals surface area contributed by atoms with Crippen molar-refractivity contribution in [2.45, 2.75) is 151 Å². The summed E-state index contributed by atoms with van der Waals surface area (Å²) in [6.07, 6.45) is -3.00. The third kappa shape index (κ3) is 4.93. The van der Waals surface area contributed by atoms with Crippen LogP contribution in [0.3, 0.4) is 0 Å². The predicted molar refractivity (Wildman–Crippen MR) is 170 cm³/mol. The van der Waals surface area contributed by atoms with Gasteiger partial charge >= 0.3 is 5.97 Å². The van der Waals surface area contributed by atoms with E-state index in [0.29, 0.717) is 18.9 Å². The van der Waals surface area contributed by atoms with Gasteiger partial charge in [-0.3, -0.25) is 0 Å². The summed E-state index contributed by atoms with van der Waals surface area (Å²) in [6.45, 7) is 6.03. The van der Waals surface area contributed by atoms with Crippen LogP contribution in [-0.4, -0.2) is 136 Å². The van der Waals surface area contributed by atoms with Crippen molar-refractivity contribution < 1.29 is 68.6 Å². The third-order valence-corrected chi connectivity index (χ3v) is 14.9. The van der Waals surface area contributed by atoms with Crippen molar-refractivity contribution in [3.8, 4) is 0 Å². The molecule has 1 spiro atoms. The molecule has 19 atom stereocenters. The highest BCUT2D eigenvalue weighted by molar-refractivity contribution is 5.85. The Balaban J connectivity index is 0.936. The molecule has 6 N–H and O–H groups in total. The Morgan fingerprint density at radius 1 is 0.920 bits per heavy atom. The van der Waals surface area contributed by atoms with Gasteiger partial charge in [0.25, 0.3) is 0 Å². The number of hydrogen-bond donors (Lipinski definition) is 6. The van der Waals surface area contributed by atoms with Gasteiger partial charge < -0.3 is 63.8 Å². The highest BCUT2D eigenvalue weighted by Gasteiger charge is 2.84. The molecule has 0 aromatic carbocycles. The molecule has 3 saturated heterocycles. The highest BCUT2D eigenvalue weighted by atomic mass is 16.8. The van der Waals surface area contributed by atoms with Crippen molar-refractivity contribution in [3.05, 3.63) is 11.6 Å². The van der Waals surface area contributed by atoms with Crippen molar-refractivity contribution in [1.29, 1.82) is 0 Å². The Hall–Kier alpha value is -1.27. The summed E-state index contributed by atoms with van der Waals surface area (Å²) in [6, 6.07) is 0. The Kier molecular flexibility index (Phi) is 8.86. The summed E-state index contributed by atoms with van der Waals surface area (Å²) in [4.78, 5) is 11.9. The van der Waals surface area contributed by atoms with Gasteiger partial charge in [-0.25, -0.2) is 4.79 Å². The largest absolute Gasteiger partial charge is 0.458 e. The van der Waals surface area contributed by atoms with Crippen molar-refractivity contribution >= 4 is 5.97 Å². The van der Waals surface area contributed by atoms with E-state index in [1.807, 2.05) is 0 Å². The maximum atomic E-state index is 12.7. The minimum absolute atomic E-state index is 0.0432. The predicted octanol–water partition coefficient (Wildman–Crippen LogP) is 0.271. The minimum Gasteiger partial charge on any atom is -0.458 e. The lowest BCUT2D eigenvalue weighted by molar-refractivity contribution is -0.375. The molecule has 0 bridgehead atoms. The minimum atomic E-state index is -1.73. The second-order valence-electron chi connectivity index (χ2n) is 16.9. The van der Waals surface area contributed by atoms with E-state index in [0.717, 1.165) is 50.5 Å². The van der Waals surface area contributed by atoms with Gasteiger partial charge in [0.2, 0.25) is 0 Å². The van der Waals surface area contributed by atoms with Gasteiger partial charge in [-0.1, -0.05) is 13.8 Å². The molecule has 282 valence electrons. The molecular weight excluding hydrogens is 656 g/mol. The number of esters is 1. The lowest BCUT2D eigenvalue weighted by Crippen LogP contribution is -2.68. The summed E-state index contributed by atoms with van der Waals surface area (Å²) < 4.78 is 41.8. The summed E-state index contributed by atoms with van der Waals surface area (Å²) >= 11 is 0. The molecule has 8 aliphatic rings. The molecule has 14 nitrogen and oxygen atoms in total. The van der Waals surface area contributed by atoms with Crippen LogP contribution in [-0.2, 0) is 38.0 Å². The molecule has 2 unspecified atom stereocenters. The zero-order valence-electron chi connectivity index (χ0n) is 29.3. The summed E-state index contributed by atoms with van der Waals surface area (Å²) in [5.74, 6) is -0.763. The Morgan fingerprint density at radius 2 is 1.70 bits per heavy atom. The van der Waals surface area contributed by atoms with Gasteiger partial charge in [0.1, 0.15) is 42.2 Å². The van der Waals surface area contributed by atoms with E-state index >= 15 is 0 Å². The third-order valence-electron chi connectivity index (χ3n) is 14.9. The number of aliphatic hydroxyl groups excluding tert-OH is 5. The van der Waals surface area contributed by atoms with E-state index in [1.54, 1.807) is 13.0 Å². The number of aliphatic hydroxyl groups is 6. The van der Waals surface area contributed by atoms with E-state index in [9.17, 15) is 35.4 Å². The number of epoxide rings is 1. The van der Waals surface area contributed by atoms with Crippen LogP contribution in [0.1, 0.15) is 72.1 Å². The van der Waals surface area contributed by atoms with Gasteiger partial charge in [0.15, 0.2) is 18.9 Å². The molecule has 4 saturated carbocycles. The maximum absolute atomic E-state index is 12.7. The normalized spacial score (nSPS) is 57.2. The zero-order valence-corrected chi connectivity index (χ0v) is 29.3. The maximum Gasteiger partial charge on any atom is 0.331 e. The smallest absolute Gasteiger partial charge is 0.331 e. The molecule has 0 aromatic rings. The topological polar surface area (TPSA) is 206 Å². The quantitative estimate of drug-likeness (QED) is 0.119. The lowest BCUT2D eigenvalue weighted by atomic mass is 9.43. The molecule has 0 radical (unpaired) electrons. The first-order valence-electron chi connectivity index (χ1n) is 18.5. The fourth-order valence-corrected chi connectivity index (χ4v) is 12.0. The average Bonchev–Trinajstić information content (AvgIpc) is 3.52. The highest BCUT2D eigenvalue weighted by Crippen LogP contribution is 2.77. The van der Waals surface area contributed by atoms with Crippen LogP contribution < -0.4 is 0 Å². The van der Waals surface area contributed by atoms with E-state index in [-0.39, 0.29) is 35.4 Å². The van der Waals surface area contributed by atoms with Crippen molar-refractivity contribution in [1.82, 2.24) is 0 Å². The van der Waals surface area contributed by atoms with E-state index in [4.69, 9.17) is 33.2 Å². The van der Waals surface area contributed by atoms with Crippen LogP contribution in [0.15, 0.2) is 11.6 Å². The summed E-state index contributed by atoms with van der Waals surface area (Å²) in [7, 11) is 1.43. The van der Waals surface area contributed by atoms with Crippen molar-refractivity contribution in [3.63, 3.8) is 0 Å². The molecule has 4 aliphatic heterocycles. The van der Waals surface area contributed by atoms with Crippen LogP contribution in [0.25, 0.3) is 0 Å². The van der Waals surface area contributed by atoms with Crippen LogP contribution in [0.2, 0.25) is 0 Å². The van der Waals surface area contributed by atoms with Crippen LogP contribution in [0.5, 0.6) is 0 Å². The molecule has 14 heteroatoms. The molecule has 0 aromatic heterocycles. The van der Waals surface area contributed by atoms with Crippen LogP contribution >= 0.6 is 0 Å². The molecule has 7 fully saturated rings. The second kappa shape index (κ2) is 12.4. The van der Waals surface area contributed by atoms with Gasteiger partial charge in [-0.05, 0) is 87.0 Å². The van der Waals surface area contributed by atoms with E-state index in [1.165, 1.54) is 7.11 Å². The number of fused-ring (bicyclic) bond motifs is 3. The molecule has 4 aliphatic carbocycles. The molecular formula is C36H54O14. The van der Waals surface area contributed by atoms with Gasteiger partial charge in [0, 0.05) is 18.6 Å².